The van der Waals surface area contributed by atoms with Gasteiger partial charge in [0, 0.05) is 6.54 Å². The molecule has 1 aromatic carbocycles. The smallest absolute Gasteiger partial charge is 0.137 e. The van der Waals surface area contributed by atoms with Crippen molar-refractivity contribution in [3.63, 3.8) is 0 Å². The van der Waals surface area contributed by atoms with Gasteiger partial charge >= 0.3 is 0 Å². The quantitative estimate of drug-likeness (QED) is 0.816. The second kappa shape index (κ2) is 4.41. The molecule has 76 valence electrons. The minimum atomic E-state index is -0.159. The van der Waals surface area contributed by atoms with Crippen molar-refractivity contribution in [3.8, 4) is 0 Å². The zero-order chi connectivity index (χ0) is 9.97. The molecule has 1 aromatic rings. The fraction of sp³-hybridized carbons (Fsp3) is 0.455. The van der Waals surface area contributed by atoms with Crippen LogP contribution in [0.3, 0.4) is 0 Å². The zero-order valence-electron chi connectivity index (χ0n) is 7.89. The van der Waals surface area contributed by atoms with Crippen molar-refractivity contribution in [3.05, 3.63) is 34.1 Å². The Bertz CT molecular complexity index is 321. The molecule has 1 fully saturated rings. The summed E-state index contributed by atoms with van der Waals surface area (Å²) in [5.74, 6) is 0.319. The van der Waals surface area contributed by atoms with Crippen LogP contribution in [0.4, 0.5) is 4.39 Å². The number of hydrogen-bond acceptors (Lipinski definition) is 1. The minimum Gasteiger partial charge on any atom is -0.316 e. The Balaban J connectivity index is 2.18. The highest BCUT2D eigenvalue weighted by molar-refractivity contribution is 9.10. The van der Waals surface area contributed by atoms with Gasteiger partial charge in [0.1, 0.15) is 5.82 Å². The number of hydrogen-bond donors (Lipinski definition) is 1. The van der Waals surface area contributed by atoms with Gasteiger partial charge in [0.15, 0.2) is 0 Å². The van der Waals surface area contributed by atoms with Crippen LogP contribution in [0.2, 0.25) is 0 Å². The molecule has 0 spiro atoms. The molecule has 1 nitrogen and oxygen atoms in total. The first-order valence-corrected chi connectivity index (χ1v) is 5.72. The summed E-state index contributed by atoms with van der Waals surface area (Å²) in [6, 6.07) is 5.44. The molecule has 3 heteroatoms. The summed E-state index contributed by atoms with van der Waals surface area (Å²) in [4.78, 5) is 0. The van der Waals surface area contributed by atoms with Gasteiger partial charge in [0.05, 0.1) is 4.47 Å². The third-order valence-corrected chi connectivity index (χ3v) is 3.36. The molecule has 0 amide bonds. The standard InChI is InChI=1S/C11H13BrFN/c12-10-4-3-8(6-11(10)13)9-2-1-5-14-7-9/h3-4,6,9,14H,1-2,5,7H2. The van der Waals surface area contributed by atoms with Gasteiger partial charge in [-0.25, -0.2) is 4.39 Å². The van der Waals surface area contributed by atoms with E-state index in [4.69, 9.17) is 0 Å². The van der Waals surface area contributed by atoms with E-state index in [1.807, 2.05) is 6.07 Å². The Morgan fingerprint density at radius 2 is 2.29 bits per heavy atom. The molecule has 0 bridgehead atoms. The predicted octanol–water partition coefficient (Wildman–Crippen LogP) is 3.06. The average molecular weight is 258 g/mol. The van der Waals surface area contributed by atoms with E-state index in [9.17, 15) is 4.39 Å². The van der Waals surface area contributed by atoms with E-state index in [1.54, 1.807) is 12.1 Å². The van der Waals surface area contributed by atoms with E-state index in [0.717, 1.165) is 25.1 Å². The van der Waals surface area contributed by atoms with Crippen LogP contribution in [-0.2, 0) is 0 Å². The average Bonchev–Trinajstić information content (AvgIpc) is 2.23. The van der Waals surface area contributed by atoms with Gasteiger partial charge in [-0.1, -0.05) is 6.07 Å². The van der Waals surface area contributed by atoms with E-state index in [-0.39, 0.29) is 5.82 Å². The van der Waals surface area contributed by atoms with Crippen molar-refractivity contribution >= 4 is 15.9 Å². The molecule has 0 radical (unpaired) electrons. The molecule has 1 aliphatic rings. The van der Waals surface area contributed by atoms with Gasteiger partial charge in [-0.3, -0.25) is 0 Å². The number of rotatable bonds is 1. The Morgan fingerprint density at radius 1 is 1.43 bits per heavy atom. The summed E-state index contributed by atoms with van der Waals surface area (Å²) < 4.78 is 13.8. The van der Waals surface area contributed by atoms with Gasteiger partial charge in [0.25, 0.3) is 0 Å². The predicted molar refractivity (Wildman–Crippen MR) is 58.9 cm³/mol. The Morgan fingerprint density at radius 3 is 2.93 bits per heavy atom. The summed E-state index contributed by atoms with van der Waals surface area (Å²) in [6.07, 6.45) is 2.34. The monoisotopic (exact) mass is 257 g/mol. The van der Waals surface area contributed by atoms with Gasteiger partial charge in [-0.05, 0) is 58.9 Å². The SMILES string of the molecule is Fc1cc(C2CCCNC2)ccc1Br. The highest BCUT2D eigenvalue weighted by Crippen LogP contribution is 2.26. The first kappa shape index (κ1) is 10.1. The zero-order valence-corrected chi connectivity index (χ0v) is 9.48. The van der Waals surface area contributed by atoms with E-state index >= 15 is 0 Å². The Hall–Kier alpha value is -0.410. The molecule has 1 unspecified atom stereocenters. The molecular weight excluding hydrogens is 245 g/mol. The fourth-order valence-electron chi connectivity index (χ4n) is 1.90. The first-order valence-electron chi connectivity index (χ1n) is 4.93. The van der Waals surface area contributed by atoms with Gasteiger partial charge in [0.2, 0.25) is 0 Å². The van der Waals surface area contributed by atoms with E-state index in [1.165, 1.54) is 6.42 Å². The number of benzene rings is 1. The van der Waals surface area contributed by atoms with Crippen LogP contribution in [0, 0.1) is 5.82 Å². The first-order chi connectivity index (χ1) is 6.77. The normalized spacial score (nSPS) is 22.3. The number of nitrogens with one attached hydrogen (secondary N) is 1. The molecular formula is C11H13BrFN. The van der Waals surface area contributed by atoms with Crippen LogP contribution in [0.5, 0.6) is 0 Å². The molecule has 0 aromatic heterocycles. The van der Waals surface area contributed by atoms with Crippen LogP contribution in [0.1, 0.15) is 24.3 Å². The van der Waals surface area contributed by atoms with Crippen LogP contribution in [-0.4, -0.2) is 13.1 Å². The topological polar surface area (TPSA) is 12.0 Å². The molecule has 14 heavy (non-hydrogen) atoms. The number of halogens is 2. The van der Waals surface area contributed by atoms with Gasteiger partial charge in [-0.2, -0.15) is 0 Å². The maximum atomic E-state index is 13.3. The maximum absolute atomic E-state index is 13.3. The summed E-state index contributed by atoms with van der Waals surface area (Å²) in [5, 5.41) is 3.33. The molecule has 1 aliphatic heterocycles. The van der Waals surface area contributed by atoms with Crippen molar-refractivity contribution in [1.82, 2.24) is 5.32 Å². The number of piperidine rings is 1. The van der Waals surface area contributed by atoms with Crippen molar-refractivity contribution in [2.75, 3.05) is 13.1 Å². The molecule has 0 saturated carbocycles. The van der Waals surface area contributed by atoms with Crippen LogP contribution in [0.25, 0.3) is 0 Å². The fourth-order valence-corrected chi connectivity index (χ4v) is 2.15. The highest BCUT2D eigenvalue weighted by atomic mass is 79.9. The molecule has 2 rings (SSSR count). The van der Waals surface area contributed by atoms with Crippen LogP contribution >= 0.6 is 15.9 Å². The van der Waals surface area contributed by atoms with Gasteiger partial charge < -0.3 is 5.32 Å². The van der Waals surface area contributed by atoms with Crippen LogP contribution < -0.4 is 5.32 Å². The maximum Gasteiger partial charge on any atom is 0.137 e. The molecule has 1 saturated heterocycles. The highest BCUT2D eigenvalue weighted by Gasteiger charge is 2.15. The lowest BCUT2D eigenvalue weighted by Crippen LogP contribution is -2.28. The second-order valence-electron chi connectivity index (χ2n) is 3.72. The van der Waals surface area contributed by atoms with Crippen molar-refractivity contribution in [2.45, 2.75) is 18.8 Å². The molecule has 1 N–H and O–H groups in total. The lowest BCUT2D eigenvalue weighted by Gasteiger charge is -2.23. The summed E-state index contributed by atoms with van der Waals surface area (Å²) in [6.45, 7) is 2.07. The van der Waals surface area contributed by atoms with Gasteiger partial charge in [-0.15, -0.1) is 0 Å². The van der Waals surface area contributed by atoms with E-state index < -0.39 is 0 Å². The lowest BCUT2D eigenvalue weighted by molar-refractivity contribution is 0.459. The summed E-state index contributed by atoms with van der Waals surface area (Å²) in [7, 11) is 0. The molecule has 1 heterocycles. The molecule has 0 aliphatic carbocycles. The van der Waals surface area contributed by atoms with Crippen LogP contribution in [0.15, 0.2) is 22.7 Å². The third-order valence-electron chi connectivity index (χ3n) is 2.71. The Kier molecular flexibility index (Phi) is 3.19. The van der Waals surface area contributed by atoms with E-state index in [0.29, 0.717) is 10.4 Å². The summed E-state index contributed by atoms with van der Waals surface area (Å²) in [5.41, 5.74) is 1.11. The third kappa shape index (κ3) is 2.15. The summed E-state index contributed by atoms with van der Waals surface area (Å²) >= 11 is 3.16. The molecule has 1 atom stereocenters. The van der Waals surface area contributed by atoms with Crippen molar-refractivity contribution in [2.24, 2.45) is 0 Å². The second-order valence-corrected chi connectivity index (χ2v) is 4.57. The van der Waals surface area contributed by atoms with E-state index in [2.05, 4.69) is 21.2 Å². The lowest BCUT2D eigenvalue weighted by atomic mass is 9.92. The largest absolute Gasteiger partial charge is 0.316 e. The Labute approximate surface area is 91.8 Å². The minimum absolute atomic E-state index is 0.159. The van der Waals surface area contributed by atoms with Crippen molar-refractivity contribution in [1.29, 1.82) is 0 Å². The van der Waals surface area contributed by atoms with Crippen molar-refractivity contribution < 1.29 is 4.39 Å².